The van der Waals surface area contributed by atoms with E-state index in [1.165, 1.54) is 45.2 Å². The van der Waals surface area contributed by atoms with Gasteiger partial charge in [-0.15, -0.1) is 0 Å². The molecule has 1 saturated carbocycles. The van der Waals surface area contributed by atoms with E-state index in [2.05, 4.69) is 11.8 Å². The maximum absolute atomic E-state index is 5.74. The second-order valence-corrected chi connectivity index (χ2v) is 5.05. The fraction of sp³-hybridized carbons (Fsp3) is 1.00. The number of likely N-dealkylation sites (tertiary alicyclic amines) is 1. The van der Waals surface area contributed by atoms with Gasteiger partial charge in [-0.2, -0.15) is 0 Å². The van der Waals surface area contributed by atoms with Crippen LogP contribution in [0.2, 0.25) is 0 Å². The van der Waals surface area contributed by atoms with E-state index in [9.17, 15) is 0 Å². The minimum Gasteiger partial charge on any atom is -0.330 e. The molecule has 2 nitrogen and oxygen atoms in total. The summed E-state index contributed by atoms with van der Waals surface area (Å²) in [4.78, 5) is 2.72. The van der Waals surface area contributed by atoms with Crippen LogP contribution < -0.4 is 5.73 Å². The first-order valence-electron chi connectivity index (χ1n) is 6.29. The normalized spacial score (nSPS) is 39.4. The van der Waals surface area contributed by atoms with Crippen molar-refractivity contribution >= 4 is 0 Å². The van der Waals surface area contributed by atoms with E-state index in [0.717, 1.165) is 24.4 Å². The van der Waals surface area contributed by atoms with Gasteiger partial charge in [-0.1, -0.05) is 19.8 Å². The van der Waals surface area contributed by atoms with Crippen molar-refractivity contribution in [2.75, 3.05) is 19.6 Å². The highest BCUT2D eigenvalue weighted by Gasteiger charge is 2.34. The van der Waals surface area contributed by atoms with E-state index < -0.39 is 0 Å². The van der Waals surface area contributed by atoms with Gasteiger partial charge in [0.05, 0.1) is 0 Å². The Bertz CT molecular complexity index is 181. The molecule has 1 heterocycles. The maximum Gasteiger partial charge on any atom is 0.0123 e. The summed E-state index contributed by atoms with van der Waals surface area (Å²) in [5, 5.41) is 0. The molecule has 2 fully saturated rings. The summed E-state index contributed by atoms with van der Waals surface area (Å²) in [6.07, 6.45) is 7.06. The molecule has 2 heteroatoms. The molecule has 14 heavy (non-hydrogen) atoms. The largest absolute Gasteiger partial charge is 0.330 e. The SMILES string of the molecule is CCC1CCCC1N1CCC(CN)C1. The first-order valence-corrected chi connectivity index (χ1v) is 6.29. The summed E-state index contributed by atoms with van der Waals surface area (Å²) >= 11 is 0. The highest BCUT2D eigenvalue weighted by atomic mass is 15.2. The van der Waals surface area contributed by atoms with Crippen LogP contribution in [-0.4, -0.2) is 30.6 Å². The average Bonchev–Trinajstić information content (AvgIpc) is 2.85. The van der Waals surface area contributed by atoms with Crippen LogP contribution in [0.5, 0.6) is 0 Å². The number of nitrogens with two attached hydrogens (primary N) is 1. The van der Waals surface area contributed by atoms with Crippen LogP contribution in [0.3, 0.4) is 0 Å². The van der Waals surface area contributed by atoms with Crippen molar-refractivity contribution < 1.29 is 0 Å². The van der Waals surface area contributed by atoms with Gasteiger partial charge in [-0.3, -0.25) is 4.90 Å². The molecule has 0 radical (unpaired) electrons. The highest BCUT2D eigenvalue weighted by Crippen LogP contribution is 2.34. The zero-order valence-corrected chi connectivity index (χ0v) is 9.41. The third-order valence-corrected chi connectivity index (χ3v) is 4.26. The van der Waals surface area contributed by atoms with Gasteiger partial charge in [0.15, 0.2) is 0 Å². The van der Waals surface area contributed by atoms with Crippen LogP contribution in [0.15, 0.2) is 0 Å². The predicted octanol–water partition coefficient (Wildman–Crippen LogP) is 1.85. The van der Waals surface area contributed by atoms with E-state index in [0.29, 0.717) is 0 Å². The van der Waals surface area contributed by atoms with Crippen LogP contribution in [-0.2, 0) is 0 Å². The molecule has 1 aliphatic heterocycles. The molecule has 0 amide bonds. The summed E-state index contributed by atoms with van der Waals surface area (Å²) in [7, 11) is 0. The molecule has 1 saturated heterocycles. The Morgan fingerprint density at radius 3 is 2.79 bits per heavy atom. The van der Waals surface area contributed by atoms with Gasteiger partial charge in [-0.05, 0) is 44.2 Å². The molecule has 2 aliphatic rings. The van der Waals surface area contributed by atoms with Crippen LogP contribution in [0.25, 0.3) is 0 Å². The standard InChI is InChI=1S/C12H24N2/c1-2-11-4-3-5-12(11)14-7-6-10(8-13)9-14/h10-12H,2-9,13H2,1H3. The maximum atomic E-state index is 5.74. The Labute approximate surface area is 87.8 Å². The minimum atomic E-state index is 0.785. The molecular formula is C12H24N2. The molecule has 0 aromatic rings. The molecule has 0 bridgehead atoms. The molecule has 0 aromatic heterocycles. The smallest absolute Gasteiger partial charge is 0.0123 e. The van der Waals surface area contributed by atoms with Crippen molar-refractivity contribution in [3.63, 3.8) is 0 Å². The number of hydrogen-bond donors (Lipinski definition) is 1. The average molecular weight is 196 g/mol. The Kier molecular flexibility index (Phi) is 3.45. The molecule has 1 aliphatic carbocycles. The lowest BCUT2D eigenvalue weighted by molar-refractivity contribution is 0.188. The topological polar surface area (TPSA) is 29.3 Å². The van der Waals surface area contributed by atoms with E-state index in [-0.39, 0.29) is 0 Å². The van der Waals surface area contributed by atoms with Crippen molar-refractivity contribution in [2.45, 2.75) is 45.1 Å². The Morgan fingerprint density at radius 2 is 2.14 bits per heavy atom. The summed E-state index contributed by atoms with van der Waals surface area (Å²) in [6, 6.07) is 0.900. The first kappa shape index (κ1) is 10.4. The summed E-state index contributed by atoms with van der Waals surface area (Å²) < 4.78 is 0. The van der Waals surface area contributed by atoms with Gasteiger partial charge in [0.25, 0.3) is 0 Å². The molecule has 2 rings (SSSR count). The molecule has 3 atom stereocenters. The third-order valence-electron chi connectivity index (χ3n) is 4.26. The Morgan fingerprint density at radius 1 is 1.29 bits per heavy atom. The lowest BCUT2D eigenvalue weighted by Crippen LogP contribution is -2.36. The van der Waals surface area contributed by atoms with Crippen LogP contribution in [0, 0.1) is 11.8 Å². The van der Waals surface area contributed by atoms with Crippen molar-refractivity contribution in [3.8, 4) is 0 Å². The zero-order valence-electron chi connectivity index (χ0n) is 9.41. The van der Waals surface area contributed by atoms with Crippen LogP contribution in [0.1, 0.15) is 39.0 Å². The zero-order chi connectivity index (χ0) is 9.97. The summed E-state index contributed by atoms with van der Waals surface area (Å²) in [5.41, 5.74) is 5.74. The van der Waals surface area contributed by atoms with E-state index in [1.807, 2.05) is 0 Å². The summed E-state index contributed by atoms with van der Waals surface area (Å²) in [5.74, 6) is 1.76. The predicted molar refractivity (Wildman–Crippen MR) is 60.2 cm³/mol. The molecule has 0 spiro atoms. The van der Waals surface area contributed by atoms with Gasteiger partial charge >= 0.3 is 0 Å². The van der Waals surface area contributed by atoms with Crippen LogP contribution >= 0.6 is 0 Å². The number of nitrogens with zero attached hydrogens (tertiary/aromatic N) is 1. The first-order chi connectivity index (χ1) is 6.85. The minimum absolute atomic E-state index is 0.785. The Balaban J connectivity index is 1.89. The number of hydrogen-bond acceptors (Lipinski definition) is 2. The monoisotopic (exact) mass is 196 g/mol. The van der Waals surface area contributed by atoms with Gasteiger partial charge < -0.3 is 5.73 Å². The summed E-state index contributed by atoms with van der Waals surface area (Å²) in [6.45, 7) is 5.82. The molecule has 82 valence electrons. The van der Waals surface area contributed by atoms with Gasteiger partial charge in [-0.25, -0.2) is 0 Å². The molecule has 3 unspecified atom stereocenters. The van der Waals surface area contributed by atoms with Crippen molar-refractivity contribution in [1.82, 2.24) is 4.90 Å². The highest BCUT2D eigenvalue weighted by molar-refractivity contribution is 4.89. The van der Waals surface area contributed by atoms with Crippen molar-refractivity contribution in [1.29, 1.82) is 0 Å². The van der Waals surface area contributed by atoms with E-state index >= 15 is 0 Å². The number of rotatable bonds is 3. The lowest BCUT2D eigenvalue weighted by Gasteiger charge is -2.29. The molecule has 2 N–H and O–H groups in total. The van der Waals surface area contributed by atoms with Gasteiger partial charge in [0, 0.05) is 12.6 Å². The van der Waals surface area contributed by atoms with Crippen LogP contribution in [0.4, 0.5) is 0 Å². The van der Waals surface area contributed by atoms with E-state index in [4.69, 9.17) is 5.73 Å². The Hall–Kier alpha value is -0.0800. The second-order valence-electron chi connectivity index (χ2n) is 5.05. The second kappa shape index (κ2) is 4.63. The fourth-order valence-electron chi connectivity index (χ4n) is 3.33. The molecular weight excluding hydrogens is 172 g/mol. The van der Waals surface area contributed by atoms with Gasteiger partial charge in [0.2, 0.25) is 0 Å². The van der Waals surface area contributed by atoms with Gasteiger partial charge in [0.1, 0.15) is 0 Å². The van der Waals surface area contributed by atoms with Crippen molar-refractivity contribution in [2.24, 2.45) is 17.6 Å². The lowest BCUT2D eigenvalue weighted by atomic mass is 9.99. The molecule has 0 aromatic carbocycles. The van der Waals surface area contributed by atoms with Crippen molar-refractivity contribution in [3.05, 3.63) is 0 Å². The quantitative estimate of drug-likeness (QED) is 0.746. The third kappa shape index (κ3) is 1.96. The van der Waals surface area contributed by atoms with E-state index in [1.54, 1.807) is 0 Å². The fourth-order valence-corrected chi connectivity index (χ4v) is 3.33.